The van der Waals surface area contributed by atoms with Gasteiger partial charge in [0, 0.05) is 41.2 Å². The van der Waals surface area contributed by atoms with Crippen molar-refractivity contribution >= 4 is 0 Å². The maximum Gasteiger partial charge on any atom is 0.0677 e. The third kappa shape index (κ3) is 2.54. The molecule has 2 fully saturated rings. The molecule has 0 N–H and O–H groups in total. The first-order valence-electron chi connectivity index (χ1n) is 8.35. The van der Waals surface area contributed by atoms with Crippen LogP contribution >= 0.6 is 0 Å². The average molecular weight is 289 g/mol. The molecule has 0 amide bonds. The number of likely N-dealkylation sites (tertiary alicyclic amines) is 1. The van der Waals surface area contributed by atoms with Gasteiger partial charge in [0.1, 0.15) is 0 Å². The minimum atomic E-state index is 0.145. The van der Waals surface area contributed by atoms with Crippen LogP contribution in [0.4, 0.5) is 0 Å². The second-order valence-corrected chi connectivity index (χ2v) is 9.36. The smallest absolute Gasteiger partial charge is 0.0677 e. The SMILES string of the molecule is C[C@@H]1C[C@@]2(Cn3ccc(C(C)(C)C)n3)C[C@H]2N1C(C)(C)C. The van der Waals surface area contributed by atoms with E-state index in [1.807, 2.05) is 0 Å². The summed E-state index contributed by atoms with van der Waals surface area (Å²) < 4.78 is 2.19. The first-order chi connectivity index (χ1) is 9.53. The first kappa shape index (κ1) is 15.1. The number of hydrogen-bond donors (Lipinski definition) is 0. The highest BCUT2D eigenvalue weighted by atomic mass is 15.3. The molecule has 3 rings (SSSR count). The molecule has 3 atom stereocenters. The maximum atomic E-state index is 4.83. The summed E-state index contributed by atoms with van der Waals surface area (Å²) in [5, 5.41) is 4.83. The Morgan fingerprint density at radius 1 is 1.19 bits per heavy atom. The lowest BCUT2D eigenvalue weighted by molar-refractivity contribution is 0.104. The fourth-order valence-electron chi connectivity index (χ4n) is 4.47. The van der Waals surface area contributed by atoms with Gasteiger partial charge in [-0.05, 0) is 46.6 Å². The predicted octanol–water partition coefficient (Wildman–Crippen LogP) is 3.83. The van der Waals surface area contributed by atoms with Crippen molar-refractivity contribution in [1.29, 1.82) is 0 Å². The van der Waals surface area contributed by atoms with E-state index in [4.69, 9.17) is 5.10 Å². The minimum Gasteiger partial charge on any atom is -0.292 e. The molecule has 1 aromatic rings. The fraction of sp³-hybridized carbons (Fsp3) is 0.833. The van der Waals surface area contributed by atoms with Crippen LogP contribution in [0.15, 0.2) is 12.3 Å². The summed E-state index contributed by atoms with van der Waals surface area (Å²) in [6.45, 7) is 17.2. The van der Waals surface area contributed by atoms with Gasteiger partial charge in [0.15, 0.2) is 0 Å². The highest BCUT2D eigenvalue weighted by molar-refractivity contribution is 5.19. The maximum absolute atomic E-state index is 4.83. The predicted molar refractivity (Wildman–Crippen MR) is 87.4 cm³/mol. The zero-order valence-electron chi connectivity index (χ0n) is 14.8. The van der Waals surface area contributed by atoms with E-state index in [-0.39, 0.29) is 11.0 Å². The van der Waals surface area contributed by atoms with Crippen molar-refractivity contribution in [1.82, 2.24) is 14.7 Å². The summed E-state index contributed by atoms with van der Waals surface area (Å²) in [5.41, 5.74) is 2.11. The van der Waals surface area contributed by atoms with Gasteiger partial charge in [-0.2, -0.15) is 5.10 Å². The van der Waals surface area contributed by atoms with Gasteiger partial charge in [0.05, 0.1) is 5.69 Å². The molecule has 2 heterocycles. The summed E-state index contributed by atoms with van der Waals surface area (Å²) in [4.78, 5) is 2.74. The number of rotatable bonds is 2. The van der Waals surface area contributed by atoms with Gasteiger partial charge in [-0.3, -0.25) is 9.58 Å². The third-order valence-corrected chi connectivity index (χ3v) is 5.32. The molecule has 0 unspecified atom stereocenters. The van der Waals surface area contributed by atoms with E-state index < -0.39 is 0 Å². The number of piperidine rings is 1. The molecule has 2 aliphatic rings. The Labute approximate surface area is 129 Å². The van der Waals surface area contributed by atoms with Crippen LogP contribution in [0, 0.1) is 5.41 Å². The van der Waals surface area contributed by atoms with Crippen LogP contribution in [0.5, 0.6) is 0 Å². The van der Waals surface area contributed by atoms with E-state index in [1.54, 1.807) is 0 Å². The molecular formula is C18H31N3. The lowest BCUT2D eigenvalue weighted by Crippen LogP contribution is -2.45. The molecular weight excluding hydrogens is 258 g/mol. The Hall–Kier alpha value is -0.830. The Balaban J connectivity index is 1.75. The van der Waals surface area contributed by atoms with Crippen LogP contribution in [0.2, 0.25) is 0 Å². The van der Waals surface area contributed by atoms with Crippen molar-refractivity contribution in [3.63, 3.8) is 0 Å². The van der Waals surface area contributed by atoms with Crippen molar-refractivity contribution in [2.24, 2.45) is 5.41 Å². The molecule has 21 heavy (non-hydrogen) atoms. The van der Waals surface area contributed by atoms with Crippen LogP contribution in [-0.2, 0) is 12.0 Å². The van der Waals surface area contributed by atoms with Crippen molar-refractivity contribution in [2.45, 2.75) is 90.9 Å². The second kappa shape index (κ2) is 4.34. The summed E-state index contributed by atoms with van der Waals surface area (Å²) in [7, 11) is 0. The van der Waals surface area contributed by atoms with Gasteiger partial charge in [-0.15, -0.1) is 0 Å². The van der Waals surface area contributed by atoms with Gasteiger partial charge >= 0.3 is 0 Å². The van der Waals surface area contributed by atoms with Gasteiger partial charge in [-0.1, -0.05) is 20.8 Å². The lowest BCUT2D eigenvalue weighted by atomic mass is 9.93. The van der Waals surface area contributed by atoms with E-state index in [0.717, 1.165) is 12.6 Å². The number of nitrogens with zero attached hydrogens (tertiary/aromatic N) is 3. The van der Waals surface area contributed by atoms with Crippen LogP contribution in [0.1, 0.15) is 67.0 Å². The lowest BCUT2D eigenvalue weighted by Gasteiger charge is -2.37. The molecule has 0 spiro atoms. The van der Waals surface area contributed by atoms with Gasteiger partial charge in [-0.25, -0.2) is 0 Å². The van der Waals surface area contributed by atoms with Crippen LogP contribution < -0.4 is 0 Å². The molecule has 118 valence electrons. The summed E-state index contributed by atoms with van der Waals surface area (Å²) >= 11 is 0. The Bertz CT molecular complexity index is 531. The normalized spacial score (nSPS) is 33.3. The first-order valence-corrected chi connectivity index (χ1v) is 8.35. The molecule has 1 aliphatic heterocycles. The van der Waals surface area contributed by atoms with Crippen LogP contribution in [-0.4, -0.2) is 32.3 Å². The molecule has 1 aliphatic carbocycles. The zero-order valence-corrected chi connectivity index (χ0v) is 14.8. The zero-order chi connectivity index (χ0) is 15.6. The van der Waals surface area contributed by atoms with Crippen molar-refractivity contribution in [3.05, 3.63) is 18.0 Å². The molecule has 1 saturated heterocycles. The standard InChI is InChI=1S/C18H31N3/c1-13-10-18(11-15(18)21(13)17(5,6)7)12-20-9-8-14(19-20)16(2,3)4/h8-9,13,15H,10-12H2,1-7H3/t13-,15-,18+/m1/s1. The Kier molecular flexibility index (Phi) is 3.12. The van der Waals surface area contributed by atoms with Crippen molar-refractivity contribution in [3.8, 4) is 0 Å². The molecule has 1 aromatic heterocycles. The highest BCUT2D eigenvalue weighted by Crippen LogP contribution is 2.62. The quantitative estimate of drug-likeness (QED) is 0.825. The van der Waals surface area contributed by atoms with E-state index in [2.05, 4.69) is 70.3 Å². The largest absolute Gasteiger partial charge is 0.292 e. The van der Waals surface area contributed by atoms with Crippen molar-refractivity contribution < 1.29 is 0 Å². The van der Waals surface area contributed by atoms with E-state index in [1.165, 1.54) is 18.5 Å². The van der Waals surface area contributed by atoms with E-state index in [0.29, 0.717) is 11.5 Å². The number of hydrogen-bond acceptors (Lipinski definition) is 2. The molecule has 0 radical (unpaired) electrons. The molecule has 3 heteroatoms. The number of fused-ring (bicyclic) bond motifs is 1. The molecule has 1 saturated carbocycles. The molecule has 0 bridgehead atoms. The highest BCUT2D eigenvalue weighted by Gasteiger charge is 2.65. The average Bonchev–Trinajstić information content (AvgIpc) is 2.69. The molecule has 0 aromatic carbocycles. The minimum absolute atomic E-state index is 0.145. The van der Waals surface area contributed by atoms with Gasteiger partial charge < -0.3 is 0 Å². The van der Waals surface area contributed by atoms with Crippen LogP contribution in [0.3, 0.4) is 0 Å². The monoisotopic (exact) mass is 289 g/mol. The molecule has 3 nitrogen and oxygen atoms in total. The van der Waals surface area contributed by atoms with E-state index >= 15 is 0 Å². The fourth-order valence-corrected chi connectivity index (χ4v) is 4.47. The van der Waals surface area contributed by atoms with Gasteiger partial charge in [0.2, 0.25) is 0 Å². The summed E-state index contributed by atoms with van der Waals surface area (Å²) in [5.74, 6) is 0. The summed E-state index contributed by atoms with van der Waals surface area (Å²) in [6, 6.07) is 3.64. The summed E-state index contributed by atoms with van der Waals surface area (Å²) in [6.07, 6.45) is 4.84. The van der Waals surface area contributed by atoms with Gasteiger partial charge in [0.25, 0.3) is 0 Å². The topological polar surface area (TPSA) is 21.1 Å². The van der Waals surface area contributed by atoms with Crippen molar-refractivity contribution in [2.75, 3.05) is 0 Å². The second-order valence-electron chi connectivity index (χ2n) is 9.36. The Morgan fingerprint density at radius 3 is 2.33 bits per heavy atom. The Morgan fingerprint density at radius 2 is 1.86 bits per heavy atom. The third-order valence-electron chi connectivity index (χ3n) is 5.32. The number of aromatic nitrogens is 2. The van der Waals surface area contributed by atoms with E-state index in [9.17, 15) is 0 Å². The van der Waals surface area contributed by atoms with Crippen LogP contribution in [0.25, 0.3) is 0 Å².